The minimum atomic E-state index is -0.120. The predicted molar refractivity (Wildman–Crippen MR) is 37.0 cm³/mol. The van der Waals surface area contributed by atoms with Crippen LogP contribution in [-0.2, 0) is 0 Å². The van der Waals surface area contributed by atoms with Crippen LogP contribution in [0, 0.1) is 5.92 Å². The molecule has 0 bridgehead atoms. The molecule has 1 rings (SSSR count). The maximum absolute atomic E-state index is 9.28. The SMILES string of the molecule is CC(N)C1CCCC1O. The first-order valence-corrected chi connectivity index (χ1v) is 3.65. The summed E-state index contributed by atoms with van der Waals surface area (Å²) >= 11 is 0. The topological polar surface area (TPSA) is 46.2 Å². The van der Waals surface area contributed by atoms with E-state index < -0.39 is 0 Å². The Morgan fingerprint density at radius 3 is 2.44 bits per heavy atom. The number of hydrogen-bond acceptors (Lipinski definition) is 2. The van der Waals surface area contributed by atoms with Gasteiger partial charge in [-0.3, -0.25) is 0 Å². The number of aliphatic hydroxyl groups excluding tert-OH is 1. The van der Waals surface area contributed by atoms with Crippen LogP contribution in [0.25, 0.3) is 0 Å². The number of hydrogen-bond donors (Lipinski definition) is 2. The largest absolute Gasteiger partial charge is 0.393 e. The fraction of sp³-hybridized carbons (Fsp3) is 1.00. The summed E-state index contributed by atoms with van der Waals surface area (Å²) in [5.41, 5.74) is 5.63. The Morgan fingerprint density at radius 1 is 1.56 bits per heavy atom. The lowest BCUT2D eigenvalue weighted by molar-refractivity contribution is 0.121. The summed E-state index contributed by atoms with van der Waals surface area (Å²) in [5.74, 6) is 0.366. The van der Waals surface area contributed by atoms with Crippen LogP contribution in [-0.4, -0.2) is 17.3 Å². The number of aliphatic hydroxyl groups is 1. The molecule has 1 saturated carbocycles. The average molecular weight is 129 g/mol. The van der Waals surface area contributed by atoms with Crippen molar-refractivity contribution in [2.24, 2.45) is 11.7 Å². The average Bonchev–Trinajstić information content (AvgIpc) is 2.13. The van der Waals surface area contributed by atoms with Crippen molar-refractivity contribution in [1.29, 1.82) is 0 Å². The van der Waals surface area contributed by atoms with Gasteiger partial charge in [0.05, 0.1) is 6.10 Å². The molecule has 0 aliphatic heterocycles. The second kappa shape index (κ2) is 2.67. The third kappa shape index (κ3) is 1.43. The van der Waals surface area contributed by atoms with Crippen LogP contribution in [0.15, 0.2) is 0 Å². The Morgan fingerprint density at radius 2 is 2.22 bits per heavy atom. The standard InChI is InChI=1S/C7H15NO/c1-5(8)6-3-2-4-7(6)9/h5-7,9H,2-4,8H2,1H3. The van der Waals surface area contributed by atoms with Gasteiger partial charge in [-0.05, 0) is 25.7 Å². The quantitative estimate of drug-likeness (QED) is 0.541. The minimum absolute atomic E-state index is 0.120. The van der Waals surface area contributed by atoms with Crippen LogP contribution in [0.1, 0.15) is 26.2 Å². The van der Waals surface area contributed by atoms with E-state index in [2.05, 4.69) is 0 Å². The summed E-state index contributed by atoms with van der Waals surface area (Å²) in [5, 5.41) is 9.28. The second-order valence-electron chi connectivity index (χ2n) is 3.02. The first-order valence-electron chi connectivity index (χ1n) is 3.65. The molecule has 0 aromatic rings. The zero-order valence-electron chi connectivity index (χ0n) is 5.88. The summed E-state index contributed by atoms with van der Waals surface area (Å²) in [6, 6.07) is 0.169. The maximum atomic E-state index is 9.28. The molecule has 0 saturated heterocycles. The summed E-state index contributed by atoms with van der Waals surface area (Å²) in [4.78, 5) is 0. The Kier molecular flexibility index (Phi) is 2.09. The molecule has 3 atom stereocenters. The van der Waals surface area contributed by atoms with Crippen LogP contribution in [0.2, 0.25) is 0 Å². The van der Waals surface area contributed by atoms with Gasteiger partial charge in [-0.2, -0.15) is 0 Å². The van der Waals surface area contributed by atoms with Crippen molar-refractivity contribution in [2.75, 3.05) is 0 Å². The van der Waals surface area contributed by atoms with Crippen molar-refractivity contribution in [1.82, 2.24) is 0 Å². The molecule has 0 amide bonds. The van der Waals surface area contributed by atoms with Crippen molar-refractivity contribution >= 4 is 0 Å². The molecular formula is C7H15NO. The van der Waals surface area contributed by atoms with E-state index in [1.165, 1.54) is 0 Å². The van der Waals surface area contributed by atoms with E-state index in [0.717, 1.165) is 19.3 Å². The van der Waals surface area contributed by atoms with E-state index in [0.29, 0.717) is 5.92 Å². The van der Waals surface area contributed by atoms with Gasteiger partial charge in [-0.1, -0.05) is 6.42 Å². The molecule has 1 aliphatic rings. The molecule has 9 heavy (non-hydrogen) atoms. The molecule has 54 valence electrons. The van der Waals surface area contributed by atoms with Crippen molar-refractivity contribution in [2.45, 2.75) is 38.3 Å². The molecular weight excluding hydrogens is 114 g/mol. The fourth-order valence-corrected chi connectivity index (χ4v) is 1.58. The van der Waals surface area contributed by atoms with E-state index in [-0.39, 0.29) is 12.1 Å². The van der Waals surface area contributed by atoms with Crippen LogP contribution in [0.3, 0.4) is 0 Å². The molecule has 0 spiro atoms. The maximum Gasteiger partial charge on any atom is 0.0583 e. The Bertz CT molecular complexity index is 92.9. The van der Waals surface area contributed by atoms with Gasteiger partial charge < -0.3 is 10.8 Å². The van der Waals surface area contributed by atoms with Gasteiger partial charge in [0.2, 0.25) is 0 Å². The molecule has 3 unspecified atom stereocenters. The fourth-order valence-electron chi connectivity index (χ4n) is 1.58. The van der Waals surface area contributed by atoms with E-state index in [9.17, 15) is 5.11 Å². The minimum Gasteiger partial charge on any atom is -0.393 e. The third-order valence-corrected chi connectivity index (χ3v) is 2.21. The zero-order valence-corrected chi connectivity index (χ0v) is 5.88. The normalized spacial score (nSPS) is 39.0. The van der Waals surface area contributed by atoms with Gasteiger partial charge in [0, 0.05) is 6.04 Å². The van der Waals surface area contributed by atoms with E-state index >= 15 is 0 Å². The van der Waals surface area contributed by atoms with Crippen LogP contribution >= 0.6 is 0 Å². The van der Waals surface area contributed by atoms with E-state index in [1.807, 2.05) is 6.92 Å². The van der Waals surface area contributed by atoms with Crippen molar-refractivity contribution in [3.63, 3.8) is 0 Å². The van der Waals surface area contributed by atoms with Crippen LogP contribution in [0.5, 0.6) is 0 Å². The molecule has 3 N–H and O–H groups in total. The molecule has 0 radical (unpaired) electrons. The lowest BCUT2D eigenvalue weighted by Crippen LogP contribution is -2.31. The lowest BCUT2D eigenvalue weighted by atomic mass is 9.99. The number of rotatable bonds is 1. The number of nitrogens with two attached hydrogens (primary N) is 1. The van der Waals surface area contributed by atoms with Crippen molar-refractivity contribution in [3.05, 3.63) is 0 Å². The first kappa shape index (κ1) is 7.03. The molecule has 2 heteroatoms. The van der Waals surface area contributed by atoms with Gasteiger partial charge in [-0.25, -0.2) is 0 Å². The second-order valence-corrected chi connectivity index (χ2v) is 3.02. The van der Waals surface area contributed by atoms with Crippen LogP contribution in [0.4, 0.5) is 0 Å². The van der Waals surface area contributed by atoms with Crippen molar-refractivity contribution in [3.8, 4) is 0 Å². The summed E-state index contributed by atoms with van der Waals surface area (Å²) in [6.07, 6.45) is 3.09. The summed E-state index contributed by atoms with van der Waals surface area (Å²) in [6.45, 7) is 1.97. The van der Waals surface area contributed by atoms with Gasteiger partial charge in [0.1, 0.15) is 0 Å². The predicted octanol–water partition coefficient (Wildman–Crippen LogP) is 0.495. The van der Waals surface area contributed by atoms with E-state index in [1.54, 1.807) is 0 Å². The monoisotopic (exact) mass is 129 g/mol. The molecule has 0 aromatic carbocycles. The molecule has 1 fully saturated rings. The third-order valence-electron chi connectivity index (χ3n) is 2.21. The van der Waals surface area contributed by atoms with Crippen molar-refractivity contribution < 1.29 is 5.11 Å². The summed E-state index contributed by atoms with van der Waals surface area (Å²) < 4.78 is 0. The zero-order chi connectivity index (χ0) is 6.85. The highest BCUT2D eigenvalue weighted by molar-refractivity contribution is 4.81. The van der Waals surface area contributed by atoms with Gasteiger partial charge in [-0.15, -0.1) is 0 Å². The molecule has 0 heterocycles. The molecule has 2 nitrogen and oxygen atoms in total. The molecule has 0 aromatic heterocycles. The first-order chi connectivity index (χ1) is 4.22. The smallest absolute Gasteiger partial charge is 0.0583 e. The summed E-state index contributed by atoms with van der Waals surface area (Å²) in [7, 11) is 0. The molecule has 1 aliphatic carbocycles. The highest BCUT2D eigenvalue weighted by atomic mass is 16.3. The van der Waals surface area contributed by atoms with E-state index in [4.69, 9.17) is 5.73 Å². The Balaban J connectivity index is 2.40. The Hall–Kier alpha value is -0.0800. The highest BCUT2D eigenvalue weighted by Gasteiger charge is 2.27. The van der Waals surface area contributed by atoms with Crippen LogP contribution < -0.4 is 5.73 Å². The Labute approximate surface area is 56.1 Å². The lowest BCUT2D eigenvalue weighted by Gasteiger charge is -2.17. The van der Waals surface area contributed by atoms with Gasteiger partial charge in [0.15, 0.2) is 0 Å². The van der Waals surface area contributed by atoms with Gasteiger partial charge >= 0.3 is 0 Å². The van der Waals surface area contributed by atoms with Gasteiger partial charge in [0.25, 0.3) is 0 Å². The highest BCUT2D eigenvalue weighted by Crippen LogP contribution is 2.26.